The molecule has 34 heavy (non-hydrogen) atoms. The zero-order valence-electron chi connectivity index (χ0n) is 19.5. The quantitative estimate of drug-likeness (QED) is 0.347. The molecule has 0 fully saturated rings. The lowest BCUT2D eigenvalue weighted by Gasteiger charge is -2.26. The van der Waals surface area contributed by atoms with Crippen molar-refractivity contribution >= 4 is 22.5 Å². The molecule has 5 heteroatoms. The number of oxime groups is 1. The maximum atomic E-state index is 12.9. The molecule has 1 aromatic heterocycles. The molecule has 0 saturated carbocycles. The van der Waals surface area contributed by atoms with Gasteiger partial charge < -0.3 is 9.57 Å². The Hall–Kier alpha value is -3.99. The number of hydrogen-bond acceptors (Lipinski definition) is 5. The smallest absolute Gasteiger partial charge is 0.357 e. The third-order valence-corrected chi connectivity index (χ3v) is 6.54. The topological polar surface area (TPSA) is 60.8 Å². The number of hydrogen-bond donors (Lipinski definition) is 0. The van der Waals surface area contributed by atoms with Gasteiger partial charge in [-0.3, -0.25) is 0 Å². The van der Waals surface area contributed by atoms with Crippen LogP contribution in [0.1, 0.15) is 35.6 Å². The Labute approximate surface area is 199 Å². The standard InChI is InChI=1S/C29H26N2O3/c1-29(2)24(34-31-27(29)20-14-8-5-9-15-20)18-23-21-16-10-11-17-22(21)25(19-12-6-4-7-13-19)26(30-23)28(32)33-3/h4-17,24H,18H2,1-3H3/t24-/m0/s1. The minimum absolute atomic E-state index is 0.230. The van der Waals surface area contributed by atoms with Gasteiger partial charge >= 0.3 is 5.97 Å². The van der Waals surface area contributed by atoms with Crippen LogP contribution in [0.4, 0.5) is 0 Å². The molecule has 4 aromatic rings. The first-order valence-corrected chi connectivity index (χ1v) is 11.4. The van der Waals surface area contributed by atoms with Gasteiger partial charge in [0.2, 0.25) is 0 Å². The van der Waals surface area contributed by atoms with E-state index in [1.54, 1.807) is 0 Å². The highest BCUT2D eigenvalue weighted by Gasteiger charge is 2.43. The zero-order valence-corrected chi connectivity index (χ0v) is 19.5. The number of methoxy groups -OCH3 is 1. The Morgan fingerprint density at radius 1 is 0.882 bits per heavy atom. The second-order valence-electron chi connectivity index (χ2n) is 9.01. The van der Waals surface area contributed by atoms with Crippen LogP contribution in [0.2, 0.25) is 0 Å². The summed E-state index contributed by atoms with van der Waals surface area (Å²) in [6.45, 7) is 4.27. The van der Waals surface area contributed by atoms with Crippen molar-refractivity contribution in [2.75, 3.05) is 7.11 Å². The molecule has 1 aliphatic heterocycles. The van der Waals surface area contributed by atoms with Gasteiger partial charge in [-0.05, 0) is 16.5 Å². The summed E-state index contributed by atoms with van der Waals surface area (Å²) < 4.78 is 5.13. The van der Waals surface area contributed by atoms with Gasteiger partial charge in [0.05, 0.1) is 23.9 Å². The van der Waals surface area contributed by atoms with Crippen LogP contribution < -0.4 is 0 Å². The Kier molecular flexibility index (Phi) is 5.62. The minimum atomic E-state index is -0.460. The maximum absolute atomic E-state index is 12.9. The van der Waals surface area contributed by atoms with Crippen molar-refractivity contribution < 1.29 is 14.4 Å². The maximum Gasteiger partial charge on any atom is 0.357 e. The number of ether oxygens (including phenoxy) is 1. The minimum Gasteiger partial charge on any atom is -0.464 e. The van der Waals surface area contributed by atoms with Gasteiger partial charge in [0, 0.05) is 17.4 Å². The summed E-state index contributed by atoms with van der Waals surface area (Å²) in [5.74, 6) is -0.460. The van der Waals surface area contributed by atoms with E-state index in [-0.39, 0.29) is 11.5 Å². The van der Waals surface area contributed by atoms with E-state index in [0.29, 0.717) is 12.1 Å². The van der Waals surface area contributed by atoms with Crippen LogP contribution in [0.15, 0.2) is 90.1 Å². The van der Waals surface area contributed by atoms with Gasteiger partial charge in [0.15, 0.2) is 5.69 Å². The fourth-order valence-electron chi connectivity index (χ4n) is 4.64. The molecule has 5 nitrogen and oxygen atoms in total. The van der Waals surface area contributed by atoms with E-state index in [9.17, 15) is 4.79 Å². The third kappa shape index (κ3) is 3.73. The Morgan fingerprint density at radius 3 is 2.12 bits per heavy atom. The molecule has 170 valence electrons. The number of carbonyl (C=O) groups is 1. The first kappa shape index (κ1) is 21.8. The molecular weight excluding hydrogens is 424 g/mol. The summed E-state index contributed by atoms with van der Waals surface area (Å²) in [6.07, 6.45) is 0.276. The number of rotatable bonds is 5. The van der Waals surface area contributed by atoms with Crippen LogP contribution in [0.5, 0.6) is 0 Å². The second-order valence-corrected chi connectivity index (χ2v) is 9.01. The Morgan fingerprint density at radius 2 is 1.47 bits per heavy atom. The van der Waals surface area contributed by atoms with Crippen molar-refractivity contribution in [1.29, 1.82) is 0 Å². The van der Waals surface area contributed by atoms with Gasteiger partial charge in [-0.1, -0.05) is 104 Å². The highest BCUT2D eigenvalue weighted by Crippen LogP contribution is 2.39. The first-order valence-electron chi connectivity index (χ1n) is 11.4. The van der Waals surface area contributed by atoms with E-state index in [1.807, 2.05) is 84.9 Å². The normalized spacial score (nSPS) is 16.7. The van der Waals surface area contributed by atoms with Crippen LogP contribution in [0.3, 0.4) is 0 Å². The van der Waals surface area contributed by atoms with Crippen molar-refractivity contribution in [3.63, 3.8) is 0 Å². The van der Waals surface area contributed by atoms with Crippen LogP contribution >= 0.6 is 0 Å². The van der Waals surface area contributed by atoms with Crippen LogP contribution in [0, 0.1) is 5.41 Å². The van der Waals surface area contributed by atoms with Crippen molar-refractivity contribution in [2.24, 2.45) is 10.6 Å². The summed E-state index contributed by atoms with van der Waals surface area (Å²) in [4.78, 5) is 23.7. The summed E-state index contributed by atoms with van der Waals surface area (Å²) in [5.41, 5.74) is 4.41. The van der Waals surface area contributed by atoms with E-state index in [2.05, 4.69) is 19.0 Å². The predicted molar refractivity (Wildman–Crippen MR) is 134 cm³/mol. The largest absolute Gasteiger partial charge is 0.464 e. The SMILES string of the molecule is COC(=O)c1nc(C[C@@H]2ON=C(c3ccccc3)C2(C)C)c2ccccc2c1-c1ccccc1. The molecule has 1 aliphatic rings. The molecule has 1 atom stereocenters. The molecule has 0 saturated heterocycles. The summed E-state index contributed by atoms with van der Waals surface area (Å²) in [5, 5.41) is 6.40. The van der Waals surface area contributed by atoms with E-state index >= 15 is 0 Å². The van der Waals surface area contributed by atoms with Crippen LogP contribution in [-0.4, -0.2) is 29.9 Å². The molecule has 0 radical (unpaired) electrons. The van der Waals surface area contributed by atoms with Crippen molar-refractivity contribution in [3.8, 4) is 11.1 Å². The van der Waals surface area contributed by atoms with Gasteiger partial charge in [0.25, 0.3) is 0 Å². The number of esters is 1. The fraction of sp³-hybridized carbons (Fsp3) is 0.207. The van der Waals surface area contributed by atoms with Crippen molar-refractivity contribution in [1.82, 2.24) is 4.98 Å². The number of pyridine rings is 1. The summed E-state index contributed by atoms with van der Waals surface area (Å²) >= 11 is 0. The van der Waals surface area contributed by atoms with Gasteiger partial charge in [-0.15, -0.1) is 0 Å². The summed E-state index contributed by atoms with van der Waals surface area (Å²) in [7, 11) is 1.39. The van der Waals surface area contributed by atoms with Gasteiger partial charge in [-0.2, -0.15) is 0 Å². The van der Waals surface area contributed by atoms with Crippen LogP contribution in [-0.2, 0) is 16.0 Å². The number of aromatic nitrogens is 1. The molecule has 2 heterocycles. The number of carbonyl (C=O) groups excluding carboxylic acids is 1. The number of benzene rings is 3. The molecular formula is C29H26N2O3. The average molecular weight is 451 g/mol. The lowest BCUT2D eigenvalue weighted by molar-refractivity contribution is 0.0365. The molecule has 5 rings (SSSR count). The third-order valence-electron chi connectivity index (χ3n) is 6.54. The monoisotopic (exact) mass is 450 g/mol. The van der Waals surface area contributed by atoms with E-state index in [4.69, 9.17) is 14.6 Å². The predicted octanol–water partition coefficient (Wildman–Crippen LogP) is 6.06. The molecule has 0 bridgehead atoms. The average Bonchev–Trinajstić information content (AvgIpc) is 3.17. The highest BCUT2D eigenvalue weighted by molar-refractivity contribution is 6.08. The Bertz CT molecular complexity index is 1380. The van der Waals surface area contributed by atoms with Gasteiger partial charge in [-0.25, -0.2) is 9.78 Å². The van der Waals surface area contributed by atoms with Gasteiger partial charge in [0.1, 0.15) is 6.10 Å². The fourth-order valence-corrected chi connectivity index (χ4v) is 4.64. The number of nitrogens with zero attached hydrogens (tertiary/aromatic N) is 2. The molecule has 0 spiro atoms. The first-order chi connectivity index (χ1) is 16.5. The highest BCUT2D eigenvalue weighted by atomic mass is 16.6. The summed E-state index contributed by atoms with van der Waals surface area (Å²) in [6, 6.07) is 28.0. The Balaban J connectivity index is 1.61. The molecule has 0 aliphatic carbocycles. The zero-order chi connectivity index (χ0) is 23.7. The number of fused-ring (bicyclic) bond motifs is 1. The molecule has 0 unspecified atom stereocenters. The van der Waals surface area contributed by atoms with E-state index < -0.39 is 5.97 Å². The molecule has 0 N–H and O–H groups in total. The van der Waals surface area contributed by atoms with Crippen molar-refractivity contribution in [2.45, 2.75) is 26.4 Å². The van der Waals surface area contributed by atoms with E-state index in [0.717, 1.165) is 38.9 Å². The second kappa shape index (κ2) is 8.75. The lowest BCUT2D eigenvalue weighted by atomic mass is 9.77. The molecule has 0 amide bonds. The lowest BCUT2D eigenvalue weighted by Crippen LogP contribution is -2.35. The van der Waals surface area contributed by atoms with Crippen LogP contribution in [0.25, 0.3) is 21.9 Å². The van der Waals surface area contributed by atoms with E-state index in [1.165, 1.54) is 7.11 Å². The molecule has 3 aromatic carbocycles. The van der Waals surface area contributed by atoms with Crippen molar-refractivity contribution in [3.05, 3.63) is 102 Å².